The highest BCUT2D eigenvalue weighted by molar-refractivity contribution is 6.12. The fraction of sp³-hybridized carbons (Fsp3) is 0.120. The van der Waals surface area contributed by atoms with Crippen molar-refractivity contribution in [1.29, 1.82) is 0 Å². The summed E-state index contributed by atoms with van der Waals surface area (Å²) in [4.78, 5) is 50.7. The Bertz CT molecular complexity index is 1160. The first kappa shape index (κ1) is 22.4. The summed E-state index contributed by atoms with van der Waals surface area (Å²) in [6.45, 7) is 0.886. The van der Waals surface area contributed by atoms with E-state index in [4.69, 9.17) is 4.74 Å². The van der Waals surface area contributed by atoms with Gasteiger partial charge in [0.1, 0.15) is 0 Å². The Kier molecular flexibility index (Phi) is 7.13. The fourth-order valence-electron chi connectivity index (χ4n) is 3.02. The molecular weight excluding hydrogens is 408 g/mol. The molecule has 3 aromatic carbocycles. The molecule has 1 N–H and O–H groups in total. The van der Waals surface area contributed by atoms with Crippen LogP contribution < -0.4 is 10.2 Å². The number of amides is 2. The van der Waals surface area contributed by atoms with E-state index in [9.17, 15) is 19.2 Å². The molecule has 0 unspecified atom stereocenters. The zero-order valence-electron chi connectivity index (χ0n) is 17.7. The summed E-state index contributed by atoms with van der Waals surface area (Å²) in [5.41, 5.74) is 1.77. The smallest absolute Gasteiger partial charge is 0.339 e. The van der Waals surface area contributed by atoms with Gasteiger partial charge in [-0.25, -0.2) is 4.79 Å². The zero-order valence-corrected chi connectivity index (χ0v) is 17.7. The Labute approximate surface area is 185 Å². The monoisotopic (exact) mass is 430 g/mol. The summed E-state index contributed by atoms with van der Waals surface area (Å²) >= 11 is 0. The van der Waals surface area contributed by atoms with E-state index in [1.807, 2.05) is 18.2 Å². The maximum Gasteiger partial charge on any atom is 0.339 e. The highest BCUT2D eigenvalue weighted by Crippen LogP contribution is 2.18. The number of ketones is 1. The number of hydrogen-bond donors (Lipinski definition) is 1. The first-order valence-electron chi connectivity index (χ1n) is 9.87. The molecule has 0 fully saturated rings. The molecule has 7 heteroatoms. The number of benzene rings is 3. The minimum absolute atomic E-state index is 0.0617. The van der Waals surface area contributed by atoms with E-state index in [1.54, 1.807) is 49.5 Å². The van der Waals surface area contributed by atoms with Crippen molar-refractivity contribution in [2.45, 2.75) is 6.92 Å². The summed E-state index contributed by atoms with van der Waals surface area (Å²) < 4.78 is 5.13. The van der Waals surface area contributed by atoms with E-state index in [-0.39, 0.29) is 22.8 Å². The maximum absolute atomic E-state index is 12.9. The standard InChI is InChI=1S/C25H22N2O5/c1-17(28)18-9-8-10-19(15-18)26-23(29)16-32-25(31)22-14-7-6-13-21(22)24(30)27(2)20-11-4-3-5-12-20/h3-15H,16H2,1-2H3,(H,26,29). The number of hydrogen-bond acceptors (Lipinski definition) is 5. The Morgan fingerprint density at radius 3 is 2.19 bits per heavy atom. The topological polar surface area (TPSA) is 92.8 Å². The molecule has 3 rings (SSSR count). The number of Topliss-reactive ketones (excluding diaryl/α,β-unsaturated/α-hetero) is 1. The van der Waals surface area contributed by atoms with Crippen molar-refractivity contribution in [3.63, 3.8) is 0 Å². The molecule has 2 amide bonds. The van der Waals surface area contributed by atoms with Crippen molar-refractivity contribution in [3.05, 3.63) is 95.6 Å². The highest BCUT2D eigenvalue weighted by Gasteiger charge is 2.22. The highest BCUT2D eigenvalue weighted by atomic mass is 16.5. The van der Waals surface area contributed by atoms with Crippen molar-refractivity contribution in [3.8, 4) is 0 Å². The predicted octanol–water partition coefficient (Wildman–Crippen LogP) is 3.96. The van der Waals surface area contributed by atoms with Gasteiger partial charge in [-0.05, 0) is 43.3 Å². The number of para-hydroxylation sites is 1. The quantitative estimate of drug-likeness (QED) is 0.452. The third-order valence-corrected chi connectivity index (χ3v) is 4.71. The predicted molar refractivity (Wildman–Crippen MR) is 121 cm³/mol. The lowest BCUT2D eigenvalue weighted by atomic mass is 10.1. The first-order valence-corrected chi connectivity index (χ1v) is 9.87. The maximum atomic E-state index is 12.9. The van der Waals surface area contributed by atoms with Crippen LogP contribution in [0.15, 0.2) is 78.9 Å². The summed E-state index contributed by atoms with van der Waals surface area (Å²) in [5, 5.41) is 2.58. The number of ether oxygens (including phenoxy) is 1. The second-order valence-corrected chi connectivity index (χ2v) is 7.01. The second kappa shape index (κ2) is 10.2. The summed E-state index contributed by atoms with van der Waals surface area (Å²) in [7, 11) is 1.61. The number of rotatable bonds is 7. The SMILES string of the molecule is CC(=O)c1cccc(NC(=O)COC(=O)c2ccccc2C(=O)N(C)c2ccccc2)c1. The van der Waals surface area contributed by atoms with Crippen molar-refractivity contribution >= 4 is 34.9 Å². The van der Waals surface area contributed by atoms with Gasteiger partial charge in [-0.15, -0.1) is 0 Å². The van der Waals surface area contributed by atoms with Gasteiger partial charge in [0.25, 0.3) is 11.8 Å². The van der Waals surface area contributed by atoms with Gasteiger partial charge < -0.3 is 15.0 Å². The van der Waals surface area contributed by atoms with Gasteiger partial charge in [0.15, 0.2) is 12.4 Å². The molecule has 162 valence electrons. The van der Waals surface area contributed by atoms with Gasteiger partial charge in [0.2, 0.25) is 0 Å². The molecule has 0 aromatic heterocycles. The lowest BCUT2D eigenvalue weighted by molar-refractivity contribution is -0.119. The van der Waals surface area contributed by atoms with Crippen LogP contribution in [0.2, 0.25) is 0 Å². The van der Waals surface area contributed by atoms with Crippen molar-refractivity contribution in [2.24, 2.45) is 0 Å². The Balaban J connectivity index is 1.67. The summed E-state index contributed by atoms with van der Waals surface area (Å²) in [5.74, 6) is -1.86. The molecule has 32 heavy (non-hydrogen) atoms. The van der Waals surface area contributed by atoms with Crippen LogP contribution in [0.4, 0.5) is 11.4 Å². The number of carbonyl (C=O) groups excluding carboxylic acids is 4. The van der Waals surface area contributed by atoms with Crippen molar-refractivity contribution in [1.82, 2.24) is 0 Å². The van der Waals surface area contributed by atoms with Crippen LogP contribution in [0, 0.1) is 0 Å². The van der Waals surface area contributed by atoms with E-state index in [2.05, 4.69) is 5.32 Å². The number of esters is 1. The third-order valence-electron chi connectivity index (χ3n) is 4.71. The molecule has 3 aromatic rings. The van der Waals surface area contributed by atoms with Gasteiger partial charge >= 0.3 is 5.97 Å². The Hall–Kier alpha value is -4.26. The summed E-state index contributed by atoms with van der Waals surface area (Å²) in [6, 6.07) is 21.7. The third kappa shape index (κ3) is 5.46. The molecule has 0 aliphatic carbocycles. The van der Waals surface area contributed by atoms with E-state index in [1.165, 1.54) is 30.0 Å². The number of carbonyl (C=O) groups is 4. The van der Waals surface area contributed by atoms with Gasteiger partial charge in [0.05, 0.1) is 11.1 Å². The largest absolute Gasteiger partial charge is 0.452 e. The molecule has 0 atom stereocenters. The molecule has 0 aliphatic rings. The van der Waals surface area contributed by atoms with Crippen LogP contribution in [0.5, 0.6) is 0 Å². The van der Waals surface area contributed by atoms with Gasteiger partial charge in [-0.3, -0.25) is 14.4 Å². The lowest BCUT2D eigenvalue weighted by Crippen LogP contribution is -2.28. The van der Waals surface area contributed by atoms with Gasteiger partial charge in [-0.1, -0.05) is 42.5 Å². The first-order chi connectivity index (χ1) is 15.4. The molecule has 0 heterocycles. The number of anilines is 2. The zero-order chi connectivity index (χ0) is 23.1. The van der Waals surface area contributed by atoms with Crippen LogP contribution in [0.25, 0.3) is 0 Å². The van der Waals surface area contributed by atoms with Gasteiger partial charge in [0, 0.05) is 24.0 Å². The van der Waals surface area contributed by atoms with E-state index in [0.717, 1.165) is 0 Å². The van der Waals surface area contributed by atoms with E-state index in [0.29, 0.717) is 16.9 Å². The Morgan fingerprint density at radius 2 is 1.50 bits per heavy atom. The number of nitrogens with zero attached hydrogens (tertiary/aromatic N) is 1. The molecule has 0 saturated heterocycles. The number of nitrogens with one attached hydrogen (secondary N) is 1. The van der Waals surface area contributed by atoms with Crippen LogP contribution in [0.3, 0.4) is 0 Å². The van der Waals surface area contributed by atoms with Crippen molar-refractivity contribution in [2.75, 3.05) is 23.9 Å². The average molecular weight is 430 g/mol. The summed E-state index contributed by atoms with van der Waals surface area (Å²) in [6.07, 6.45) is 0. The van der Waals surface area contributed by atoms with Gasteiger partial charge in [-0.2, -0.15) is 0 Å². The van der Waals surface area contributed by atoms with Crippen LogP contribution in [-0.2, 0) is 9.53 Å². The molecule has 0 spiro atoms. The van der Waals surface area contributed by atoms with Crippen molar-refractivity contribution < 1.29 is 23.9 Å². The van der Waals surface area contributed by atoms with E-state index >= 15 is 0 Å². The van der Waals surface area contributed by atoms with Crippen LogP contribution in [0.1, 0.15) is 38.0 Å². The van der Waals surface area contributed by atoms with Crippen LogP contribution >= 0.6 is 0 Å². The minimum Gasteiger partial charge on any atom is -0.452 e. The molecule has 0 bridgehead atoms. The molecule has 0 aliphatic heterocycles. The average Bonchev–Trinajstić information content (AvgIpc) is 2.82. The minimum atomic E-state index is -0.789. The molecule has 0 radical (unpaired) electrons. The van der Waals surface area contributed by atoms with Crippen LogP contribution in [-0.4, -0.2) is 37.2 Å². The Morgan fingerprint density at radius 1 is 0.844 bits per heavy atom. The lowest BCUT2D eigenvalue weighted by Gasteiger charge is -2.18. The second-order valence-electron chi connectivity index (χ2n) is 7.01. The van der Waals surface area contributed by atoms with E-state index < -0.39 is 18.5 Å². The molecular formula is C25H22N2O5. The molecule has 0 saturated carbocycles. The normalized spacial score (nSPS) is 10.2. The molecule has 7 nitrogen and oxygen atoms in total. The fourth-order valence-corrected chi connectivity index (χ4v) is 3.02.